The first-order valence-corrected chi connectivity index (χ1v) is 6.49. The van der Waals surface area contributed by atoms with E-state index in [1.807, 2.05) is 0 Å². The molecule has 0 aliphatic heterocycles. The van der Waals surface area contributed by atoms with Crippen LogP contribution in [0.2, 0.25) is 0 Å². The molecule has 3 rings (SSSR count). The number of alkyl halides is 3. The van der Waals surface area contributed by atoms with E-state index in [0.717, 1.165) is 6.07 Å². The molecule has 3 aromatic rings. The van der Waals surface area contributed by atoms with Crippen molar-refractivity contribution in [2.24, 2.45) is 0 Å². The Hall–Kier alpha value is -3.10. The minimum absolute atomic E-state index is 0.0996. The maximum absolute atomic E-state index is 12.9. The molecule has 6 nitrogen and oxygen atoms in total. The molecule has 9 heteroatoms. The van der Waals surface area contributed by atoms with Crippen LogP contribution in [-0.2, 0) is 6.18 Å². The van der Waals surface area contributed by atoms with E-state index in [9.17, 15) is 18.0 Å². The molecule has 118 valence electrons. The zero-order valence-electron chi connectivity index (χ0n) is 11.5. The van der Waals surface area contributed by atoms with Gasteiger partial charge in [-0.15, -0.1) is 10.2 Å². The molecule has 0 fully saturated rings. The Morgan fingerprint density at radius 1 is 1.00 bits per heavy atom. The molecule has 2 N–H and O–H groups in total. The molecule has 0 bridgehead atoms. The second-order valence-electron chi connectivity index (χ2n) is 4.57. The van der Waals surface area contributed by atoms with E-state index in [1.165, 1.54) is 22.6 Å². The Labute approximate surface area is 128 Å². The van der Waals surface area contributed by atoms with Gasteiger partial charge < -0.3 is 5.32 Å². The van der Waals surface area contributed by atoms with Crippen LogP contribution < -0.4 is 10.6 Å². The first kappa shape index (κ1) is 14.8. The highest BCUT2D eigenvalue weighted by Gasteiger charge is 2.33. The fourth-order valence-corrected chi connectivity index (χ4v) is 2.02. The number of rotatable bonds is 2. The summed E-state index contributed by atoms with van der Waals surface area (Å²) < 4.78 is 40.2. The zero-order valence-corrected chi connectivity index (χ0v) is 11.5. The van der Waals surface area contributed by atoms with Crippen molar-refractivity contribution in [3.63, 3.8) is 0 Å². The van der Waals surface area contributed by atoms with E-state index in [0.29, 0.717) is 5.65 Å². The Kier molecular flexibility index (Phi) is 3.61. The van der Waals surface area contributed by atoms with Gasteiger partial charge in [-0.3, -0.25) is 9.72 Å². The summed E-state index contributed by atoms with van der Waals surface area (Å²) in [6.45, 7) is 0. The highest BCUT2D eigenvalue weighted by Crippen LogP contribution is 2.34. The van der Waals surface area contributed by atoms with Crippen LogP contribution in [0.15, 0.2) is 48.7 Å². The number of nitrogens with one attached hydrogen (secondary N) is 2. The number of aromatic nitrogens is 3. The average Bonchev–Trinajstić information content (AvgIpc) is 2.90. The minimum Gasteiger partial charge on any atom is -0.307 e. The Morgan fingerprint density at radius 3 is 2.52 bits per heavy atom. The van der Waals surface area contributed by atoms with E-state index in [-0.39, 0.29) is 11.6 Å². The average molecular weight is 321 g/mol. The van der Waals surface area contributed by atoms with Gasteiger partial charge in [-0.25, -0.2) is 4.79 Å². The maximum atomic E-state index is 12.9. The van der Waals surface area contributed by atoms with E-state index >= 15 is 0 Å². The summed E-state index contributed by atoms with van der Waals surface area (Å²) in [5.41, 5.74) is -0.772. The molecule has 0 aliphatic rings. The number of urea groups is 1. The van der Waals surface area contributed by atoms with Gasteiger partial charge >= 0.3 is 12.2 Å². The molecule has 2 amide bonds. The van der Waals surface area contributed by atoms with E-state index in [4.69, 9.17) is 0 Å². The number of hydrogen-bond donors (Lipinski definition) is 2. The van der Waals surface area contributed by atoms with Gasteiger partial charge in [0.25, 0.3) is 0 Å². The Bertz CT molecular complexity index is 859. The predicted octanol–water partition coefficient (Wildman–Crippen LogP) is 3.39. The topological polar surface area (TPSA) is 71.3 Å². The number of halogens is 3. The number of amides is 2. The monoisotopic (exact) mass is 321 g/mol. The van der Waals surface area contributed by atoms with Crippen LogP contribution in [0.5, 0.6) is 0 Å². The van der Waals surface area contributed by atoms with Crippen LogP contribution in [0.3, 0.4) is 0 Å². The quantitative estimate of drug-likeness (QED) is 0.760. The van der Waals surface area contributed by atoms with Gasteiger partial charge in [0, 0.05) is 6.20 Å². The summed E-state index contributed by atoms with van der Waals surface area (Å²) in [5, 5.41) is 12.1. The van der Waals surface area contributed by atoms with Gasteiger partial charge in [0.15, 0.2) is 5.65 Å². The van der Waals surface area contributed by atoms with Crippen LogP contribution in [0.25, 0.3) is 5.65 Å². The van der Waals surface area contributed by atoms with Gasteiger partial charge in [-0.05, 0) is 24.3 Å². The summed E-state index contributed by atoms with van der Waals surface area (Å²) in [6.07, 6.45) is -2.94. The summed E-state index contributed by atoms with van der Waals surface area (Å²) in [5.74, 6) is 0.0996. The molecule has 0 atom stereocenters. The summed E-state index contributed by atoms with van der Waals surface area (Å²) in [7, 11) is 0. The lowest BCUT2D eigenvalue weighted by Crippen LogP contribution is -2.23. The summed E-state index contributed by atoms with van der Waals surface area (Å²) >= 11 is 0. The minimum atomic E-state index is -4.56. The highest BCUT2D eigenvalue weighted by atomic mass is 19.4. The largest absolute Gasteiger partial charge is 0.418 e. The lowest BCUT2D eigenvalue weighted by atomic mass is 10.1. The van der Waals surface area contributed by atoms with E-state index in [2.05, 4.69) is 20.8 Å². The summed E-state index contributed by atoms with van der Waals surface area (Å²) in [4.78, 5) is 11.9. The zero-order chi connectivity index (χ0) is 16.4. The van der Waals surface area contributed by atoms with Crippen LogP contribution in [0, 0.1) is 0 Å². The van der Waals surface area contributed by atoms with Crippen LogP contribution in [0.4, 0.5) is 29.6 Å². The molecule has 2 aromatic heterocycles. The van der Waals surface area contributed by atoms with Crippen molar-refractivity contribution < 1.29 is 18.0 Å². The second-order valence-corrected chi connectivity index (χ2v) is 4.57. The number of benzene rings is 1. The van der Waals surface area contributed by atoms with Crippen molar-refractivity contribution in [2.45, 2.75) is 6.18 Å². The summed E-state index contributed by atoms with van der Waals surface area (Å²) in [6, 6.07) is 8.99. The van der Waals surface area contributed by atoms with Crippen molar-refractivity contribution in [1.29, 1.82) is 0 Å². The van der Waals surface area contributed by atoms with Crippen molar-refractivity contribution in [3.05, 3.63) is 54.2 Å². The first-order chi connectivity index (χ1) is 10.9. The Balaban J connectivity index is 1.81. The van der Waals surface area contributed by atoms with Crippen LogP contribution in [0.1, 0.15) is 5.56 Å². The Morgan fingerprint density at radius 2 is 1.74 bits per heavy atom. The SMILES string of the molecule is O=C(Nc1ccccc1C(F)(F)F)Nc1nnc2ccccn12. The molecule has 0 saturated heterocycles. The van der Waals surface area contributed by atoms with Gasteiger partial charge in [0.1, 0.15) is 0 Å². The van der Waals surface area contributed by atoms with Crippen molar-refractivity contribution in [2.75, 3.05) is 10.6 Å². The number of pyridine rings is 1. The van der Waals surface area contributed by atoms with Crippen molar-refractivity contribution >= 4 is 23.3 Å². The third-order valence-electron chi connectivity index (χ3n) is 3.02. The molecule has 2 heterocycles. The predicted molar refractivity (Wildman–Crippen MR) is 77.1 cm³/mol. The van der Waals surface area contributed by atoms with Gasteiger partial charge in [0.2, 0.25) is 5.95 Å². The molecule has 0 saturated carbocycles. The number of nitrogens with zero attached hydrogens (tertiary/aromatic N) is 3. The molecule has 0 radical (unpaired) electrons. The number of fused-ring (bicyclic) bond motifs is 1. The number of carbonyl (C=O) groups excluding carboxylic acids is 1. The molecular formula is C14H10F3N5O. The molecule has 0 aliphatic carbocycles. The maximum Gasteiger partial charge on any atom is 0.418 e. The van der Waals surface area contributed by atoms with Gasteiger partial charge in [0.05, 0.1) is 11.3 Å². The van der Waals surface area contributed by atoms with E-state index < -0.39 is 17.8 Å². The third kappa shape index (κ3) is 3.07. The fourth-order valence-electron chi connectivity index (χ4n) is 2.02. The smallest absolute Gasteiger partial charge is 0.307 e. The number of anilines is 2. The van der Waals surface area contributed by atoms with Crippen molar-refractivity contribution in [1.82, 2.24) is 14.6 Å². The molecule has 0 spiro atoms. The van der Waals surface area contributed by atoms with Gasteiger partial charge in [-0.2, -0.15) is 13.2 Å². The van der Waals surface area contributed by atoms with Crippen LogP contribution in [-0.4, -0.2) is 20.6 Å². The van der Waals surface area contributed by atoms with E-state index in [1.54, 1.807) is 24.4 Å². The van der Waals surface area contributed by atoms with Crippen molar-refractivity contribution in [3.8, 4) is 0 Å². The molecular weight excluding hydrogens is 311 g/mol. The van der Waals surface area contributed by atoms with Crippen LogP contribution >= 0.6 is 0 Å². The van der Waals surface area contributed by atoms with Gasteiger partial charge in [-0.1, -0.05) is 18.2 Å². The highest BCUT2D eigenvalue weighted by molar-refractivity contribution is 5.99. The normalized spacial score (nSPS) is 11.4. The number of para-hydroxylation sites is 1. The molecule has 1 aromatic carbocycles. The first-order valence-electron chi connectivity index (χ1n) is 6.49. The molecule has 23 heavy (non-hydrogen) atoms. The lowest BCUT2D eigenvalue weighted by molar-refractivity contribution is -0.136. The lowest BCUT2D eigenvalue weighted by Gasteiger charge is -2.13. The third-order valence-corrected chi connectivity index (χ3v) is 3.02. The molecule has 0 unspecified atom stereocenters. The second kappa shape index (κ2) is 5.59. The standard InChI is InChI=1S/C14H10F3N5O/c15-14(16,17)9-5-1-2-6-10(9)18-13(23)19-12-21-20-11-7-3-4-8-22(11)12/h1-8H,(H2,18,19,21,23). The fraction of sp³-hybridized carbons (Fsp3) is 0.0714. The number of hydrogen-bond acceptors (Lipinski definition) is 3. The number of carbonyl (C=O) groups is 1.